The average molecular weight is 299 g/mol. The van der Waals surface area contributed by atoms with Crippen LogP contribution in [-0.2, 0) is 6.54 Å². The molecule has 1 aliphatic rings. The van der Waals surface area contributed by atoms with Gasteiger partial charge in [-0.2, -0.15) is 5.10 Å². The van der Waals surface area contributed by atoms with Crippen molar-refractivity contribution in [3.8, 4) is 0 Å². The summed E-state index contributed by atoms with van der Waals surface area (Å²) in [6.45, 7) is 1.02. The van der Waals surface area contributed by atoms with Crippen molar-refractivity contribution >= 4 is 5.91 Å². The van der Waals surface area contributed by atoms with Crippen LogP contribution in [0.2, 0.25) is 0 Å². The molecular formula is C17H21N3O2. The summed E-state index contributed by atoms with van der Waals surface area (Å²) in [5.74, 6) is 0.273. The Bertz CT molecular complexity index is 634. The predicted molar refractivity (Wildman–Crippen MR) is 83.5 cm³/mol. The molecule has 22 heavy (non-hydrogen) atoms. The van der Waals surface area contributed by atoms with Gasteiger partial charge in [-0.25, -0.2) is 0 Å². The number of rotatable bonds is 6. The van der Waals surface area contributed by atoms with E-state index in [2.05, 4.69) is 5.10 Å². The Kier molecular flexibility index (Phi) is 4.24. The van der Waals surface area contributed by atoms with E-state index in [1.165, 1.54) is 0 Å². The van der Waals surface area contributed by atoms with Gasteiger partial charge in [0.2, 0.25) is 0 Å². The maximum Gasteiger partial charge on any atom is 0.256 e. The lowest BCUT2D eigenvalue weighted by molar-refractivity contribution is 0.0645. The number of hydrogen-bond donors (Lipinski definition) is 1. The molecule has 1 N–H and O–H groups in total. The average Bonchev–Trinajstić information content (AvgIpc) is 3.28. The molecule has 5 nitrogen and oxygen atoms in total. The molecule has 1 heterocycles. The molecule has 1 aromatic carbocycles. The summed E-state index contributed by atoms with van der Waals surface area (Å²) in [5.41, 5.74) is 1.70. The summed E-state index contributed by atoms with van der Waals surface area (Å²) < 4.78 is 1.76. The van der Waals surface area contributed by atoms with E-state index in [4.69, 9.17) is 0 Å². The monoisotopic (exact) mass is 299 g/mol. The minimum Gasteiger partial charge on any atom is -0.391 e. The van der Waals surface area contributed by atoms with Gasteiger partial charge in [-0.15, -0.1) is 0 Å². The second-order valence-corrected chi connectivity index (χ2v) is 6.00. The summed E-state index contributed by atoms with van der Waals surface area (Å²) >= 11 is 0. The van der Waals surface area contributed by atoms with Gasteiger partial charge < -0.3 is 10.0 Å². The molecule has 0 radical (unpaired) electrons. The standard InChI is InChI=1S/C17H21N3O2/c1-19(12-16(21)14-7-8-14)17(22)15-9-18-20(11-15)10-13-5-3-2-4-6-13/h2-6,9,11,14,16,21H,7-8,10,12H2,1H3. The van der Waals surface area contributed by atoms with E-state index in [0.29, 0.717) is 24.6 Å². The van der Waals surface area contributed by atoms with E-state index in [9.17, 15) is 9.90 Å². The normalized spacial score (nSPS) is 15.5. The molecular weight excluding hydrogens is 278 g/mol. The van der Waals surface area contributed by atoms with Crippen molar-refractivity contribution in [2.45, 2.75) is 25.5 Å². The van der Waals surface area contributed by atoms with Crippen LogP contribution in [0.5, 0.6) is 0 Å². The van der Waals surface area contributed by atoms with Crippen LogP contribution in [0.4, 0.5) is 0 Å². The first kappa shape index (κ1) is 14.8. The predicted octanol–water partition coefficient (Wildman–Crippen LogP) is 1.77. The minimum absolute atomic E-state index is 0.0981. The van der Waals surface area contributed by atoms with Crippen LogP contribution in [-0.4, -0.2) is 45.4 Å². The highest BCUT2D eigenvalue weighted by atomic mass is 16.3. The highest BCUT2D eigenvalue weighted by Gasteiger charge is 2.31. The van der Waals surface area contributed by atoms with Crippen LogP contribution in [0.3, 0.4) is 0 Å². The van der Waals surface area contributed by atoms with E-state index < -0.39 is 6.10 Å². The highest BCUT2D eigenvalue weighted by molar-refractivity contribution is 5.93. The van der Waals surface area contributed by atoms with Crippen molar-refractivity contribution in [1.29, 1.82) is 0 Å². The van der Waals surface area contributed by atoms with Crippen LogP contribution in [0, 0.1) is 5.92 Å². The Balaban J connectivity index is 1.61. The number of aromatic nitrogens is 2. The first-order chi connectivity index (χ1) is 10.6. The summed E-state index contributed by atoms with van der Waals surface area (Å²) in [6.07, 6.45) is 5.07. The van der Waals surface area contributed by atoms with Gasteiger partial charge in [-0.3, -0.25) is 9.48 Å². The quantitative estimate of drug-likeness (QED) is 0.884. The Hall–Kier alpha value is -2.14. The molecule has 1 saturated carbocycles. The van der Waals surface area contributed by atoms with Crippen LogP contribution < -0.4 is 0 Å². The molecule has 5 heteroatoms. The van der Waals surface area contributed by atoms with Gasteiger partial charge in [0.1, 0.15) is 0 Å². The molecule has 1 aliphatic carbocycles. The number of likely N-dealkylation sites (N-methyl/N-ethyl adjacent to an activating group) is 1. The maximum atomic E-state index is 12.4. The number of hydrogen-bond acceptors (Lipinski definition) is 3. The zero-order valence-corrected chi connectivity index (χ0v) is 12.7. The number of amides is 1. The fourth-order valence-corrected chi connectivity index (χ4v) is 2.54. The van der Waals surface area contributed by atoms with Crippen molar-refractivity contribution < 1.29 is 9.90 Å². The van der Waals surface area contributed by atoms with E-state index in [1.807, 2.05) is 30.3 Å². The molecule has 0 spiro atoms. The van der Waals surface area contributed by atoms with Gasteiger partial charge >= 0.3 is 0 Å². The van der Waals surface area contributed by atoms with Crippen molar-refractivity contribution in [3.63, 3.8) is 0 Å². The van der Waals surface area contributed by atoms with Gasteiger partial charge in [0, 0.05) is 19.8 Å². The van der Waals surface area contributed by atoms with Gasteiger partial charge in [-0.1, -0.05) is 30.3 Å². The van der Waals surface area contributed by atoms with E-state index >= 15 is 0 Å². The third kappa shape index (κ3) is 3.54. The first-order valence-corrected chi connectivity index (χ1v) is 7.63. The number of aliphatic hydroxyl groups is 1. The van der Waals surface area contributed by atoms with Crippen molar-refractivity contribution in [2.75, 3.05) is 13.6 Å². The lowest BCUT2D eigenvalue weighted by atomic mass is 10.2. The lowest BCUT2D eigenvalue weighted by Gasteiger charge is -2.19. The smallest absolute Gasteiger partial charge is 0.256 e. The van der Waals surface area contributed by atoms with Crippen LogP contribution in [0.15, 0.2) is 42.7 Å². The number of aliphatic hydroxyl groups excluding tert-OH is 1. The Morgan fingerprint density at radius 2 is 2.14 bits per heavy atom. The highest BCUT2D eigenvalue weighted by Crippen LogP contribution is 2.32. The summed E-state index contributed by atoms with van der Waals surface area (Å²) in [4.78, 5) is 13.9. The SMILES string of the molecule is CN(CC(O)C1CC1)C(=O)c1cnn(Cc2ccccc2)c1. The zero-order chi connectivity index (χ0) is 15.5. The second kappa shape index (κ2) is 6.32. The van der Waals surface area contributed by atoms with Gasteiger partial charge in [0.25, 0.3) is 5.91 Å². The van der Waals surface area contributed by atoms with Gasteiger partial charge in [0.05, 0.1) is 24.4 Å². The van der Waals surface area contributed by atoms with Crippen molar-refractivity contribution in [1.82, 2.24) is 14.7 Å². The van der Waals surface area contributed by atoms with E-state index in [-0.39, 0.29) is 5.91 Å². The molecule has 1 fully saturated rings. The Morgan fingerprint density at radius 3 is 2.82 bits per heavy atom. The Morgan fingerprint density at radius 1 is 1.41 bits per heavy atom. The molecule has 1 unspecified atom stereocenters. The summed E-state index contributed by atoms with van der Waals surface area (Å²) in [5, 5.41) is 14.2. The topological polar surface area (TPSA) is 58.4 Å². The van der Waals surface area contributed by atoms with Crippen LogP contribution >= 0.6 is 0 Å². The van der Waals surface area contributed by atoms with Crippen molar-refractivity contribution in [2.24, 2.45) is 5.92 Å². The third-order valence-corrected chi connectivity index (χ3v) is 4.04. The molecule has 2 aromatic rings. The zero-order valence-electron chi connectivity index (χ0n) is 12.7. The molecule has 1 amide bonds. The van der Waals surface area contributed by atoms with Crippen molar-refractivity contribution in [3.05, 3.63) is 53.9 Å². The van der Waals surface area contributed by atoms with Gasteiger partial charge in [-0.05, 0) is 24.3 Å². The number of nitrogens with zero attached hydrogens (tertiary/aromatic N) is 3. The Labute approximate surface area is 130 Å². The maximum absolute atomic E-state index is 12.4. The molecule has 3 rings (SSSR count). The number of carbonyl (C=O) groups is 1. The molecule has 116 valence electrons. The fourth-order valence-electron chi connectivity index (χ4n) is 2.54. The molecule has 0 bridgehead atoms. The second-order valence-electron chi connectivity index (χ2n) is 6.00. The minimum atomic E-state index is -0.409. The summed E-state index contributed by atoms with van der Waals surface area (Å²) in [7, 11) is 1.72. The molecule has 1 aromatic heterocycles. The summed E-state index contributed by atoms with van der Waals surface area (Å²) in [6, 6.07) is 10.0. The third-order valence-electron chi connectivity index (χ3n) is 4.04. The fraction of sp³-hybridized carbons (Fsp3) is 0.412. The molecule has 1 atom stereocenters. The largest absolute Gasteiger partial charge is 0.391 e. The molecule has 0 saturated heterocycles. The number of carbonyl (C=O) groups excluding carboxylic acids is 1. The van der Waals surface area contributed by atoms with E-state index in [1.54, 1.807) is 29.0 Å². The van der Waals surface area contributed by atoms with Crippen LogP contribution in [0.1, 0.15) is 28.8 Å². The van der Waals surface area contributed by atoms with Gasteiger partial charge in [0.15, 0.2) is 0 Å². The molecule has 0 aliphatic heterocycles. The van der Waals surface area contributed by atoms with Crippen LogP contribution in [0.25, 0.3) is 0 Å². The first-order valence-electron chi connectivity index (χ1n) is 7.63. The van der Waals surface area contributed by atoms with E-state index in [0.717, 1.165) is 18.4 Å². The number of benzene rings is 1. The lowest BCUT2D eigenvalue weighted by Crippen LogP contribution is -2.35.